The summed E-state index contributed by atoms with van der Waals surface area (Å²) < 4.78 is 10.9. The molecule has 0 aliphatic heterocycles. The number of hydrogen-bond acceptors (Lipinski definition) is 7. The lowest BCUT2D eigenvalue weighted by molar-refractivity contribution is -0.384. The molecule has 9 heteroatoms. The van der Waals surface area contributed by atoms with E-state index in [4.69, 9.17) is 9.47 Å². The molecule has 0 aromatic heterocycles. The van der Waals surface area contributed by atoms with Gasteiger partial charge in [0.05, 0.1) is 10.8 Å². The Kier molecular flexibility index (Phi) is 8.16. The van der Waals surface area contributed by atoms with Crippen molar-refractivity contribution in [2.24, 2.45) is 5.92 Å². The van der Waals surface area contributed by atoms with Gasteiger partial charge in [0, 0.05) is 17.7 Å². The molecule has 0 aliphatic rings. The Balaban J connectivity index is 2.08. The Morgan fingerprint density at radius 3 is 1.61 bits per heavy atom. The lowest BCUT2D eigenvalue weighted by Crippen LogP contribution is -2.48. The Hall–Kier alpha value is -4.53. The lowest BCUT2D eigenvalue weighted by Gasteiger charge is -2.28. The Bertz CT molecular complexity index is 1170. The molecule has 3 rings (SSSR count). The van der Waals surface area contributed by atoms with Gasteiger partial charge >= 0.3 is 11.9 Å². The monoisotopic (exact) mass is 490 g/mol. The Morgan fingerprint density at radius 1 is 0.778 bits per heavy atom. The highest BCUT2D eigenvalue weighted by molar-refractivity contribution is 6.03. The fraction of sp³-hybridized carbons (Fsp3) is 0.222. The van der Waals surface area contributed by atoms with Gasteiger partial charge in [-0.3, -0.25) is 24.5 Å². The summed E-state index contributed by atoms with van der Waals surface area (Å²) in [4.78, 5) is 50.8. The van der Waals surface area contributed by atoms with E-state index in [1.807, 2.05) is 0 Å². The van der Waals surface area contributed by atoms with Crippen molar-refractivity contribution in [1.82, 2.24) is 5.32 Å². The number of esters is 2. The molecule has 1 amide bonds. The maximum atomic E-state index is 13.5. The third kappa shape index (κ3) is 6.99. The van der Waals surface area contributed by atoms with Gasteiger partial charge in [0.25, 0.3) is 5.69 Å². The standard InChI is InChI=1S/C27H26N2O7/c1-27(2,3)28-24(30)22(18-14-16-19(17-15-18)29(33)34)23(25(31)35-20-10-6-4-7-11-20)26(32)36-21-12-8-5-9-13-21/h4-17,22-23H,1-3H3,(H,28,30). The number of nitro benzene ring substituents is 1. The first-order valence-electron chi connectivity index (χ1n) is 11.1. The van der Waals surface area contributed by atoms with Crippen LogP contribution in [0.25, 0.3) is 0 Å². The molecule has 0 saturated heterocycles. The van der Waals surface area contributed by atoms with Gasteiger partial charge in [-0.1, -0.05) is 48.5 Å². The van der Waals surface area contributed by atoms with E-state index < -0.39 is 40.1 Å². The Morgan fingerprint density at radius 2 is 1.22 bits per heavy atom. The van der Waals surface area contributed by atoms with E-state index in [1.54, 1.807) is 57.2 Å². The fourth-order valence-corrected chi connectivity index (χ4v) is 3.45. The van der Waals surface area contributed by atoms with Crippen LogP contribution in [0.1, 0.15) is 32.3 Å². The summed E-state index contributed by atoms with van der Waals surface area (Å²) in [5.74, 6) is -5.40. The number of carbonyl (C=O) groups excluding carboxylic acids is 3. The largest absolute Gasteiger partial charge is 0.426 e. The van der Waals surface area contributed by atoms with Crippen LogP contribution in [0, 0.1) is 16.0 Å². The summed E-state index contributed by atoms with van der Waals surface area (Å²) in [5.41, 5.74) is -0.695. The van der Waals surface area contributed by atoms with E-state index in [0.29, 0.717) is 0 Å². The smallest absolute Gasteiger partial charge is 0.326 e. The molecule has 3 aromatic carbocycles. The quantitative estimate of drug-likeness (QED) is 0.163. The molecule has 36 heavy (non-hydrogen) atoms. The maximum Gasteiger partial charge on any atom is 0.326 e. The van der Waals surface area contributed by atoms with E-state index in [9.17, 15) is 24.5 Å². The topological polar surface area (TPSA) is 125 Å². The summed E-state index contributed by atoms with van der Waals surface area (Å²) in [5, 5.41) is 13.9. The number of benzene rings is 3. The van der Waals surface area contributed by atoms with Crippen LogP contribution in [0.3, 0.4) is 0 Å². The van der Waals surface area contributed by atoms with Gasteiger partial charge in [-0.05, 0) is 50.6 Å². The molecule has 0 heterocycles. The molecule has 0 bridgehead atoms. The third-order valence-electron chi connectivity index (χ3n) is 5.01. The van der Waals surface area contributed by atoms with Crippen molar-refractivity contribution >= 4 is 23.5 Å². The number of carbonyl (C=O) groups is 3. The molecular formula is C27H26N2O7. The summed E-state index contributed by atoms with van der Waals surface area (Å²) >= 11 is 0. The average Bonchev–Trinajstić information content (AvgIpc) is 2.82. The minimum absolute atomic E-state index is 0.179. The molecule has 186 valence electrons. The van der Waals surface area contributed by atoms with Crippen LogP contribution in [-0.4, -0.2) is 28.3 Å². The fourth-order valence-electron chi connectivity index (χ4n) is 3.45. The summed E-state index contributed by atoms with van der Waals surface area (Å²) in [7, 11) is 0. The summed E-state index contributed by atoms with van der Waals surface area (Å²) in [6.07, 6.45) is 0. The van der Waals surface area contributed by atoms with E-state index >= 15 is 0 Å². The van der Waals surface area contributed by atoms with Crippen LogP contribution >= 0.6 is 0 Å². The van der Waals surface area contributed by atoms with E-state index in [1.165, 1.54) is 48.5 Å². The van der Waals surface area contributed by atoms with Gasteiger partial charge < -0.3 is 14.8 Å². The molecule has 0 radical (unpaired) electrons. The van der Waals surface area contributed by atoms with E-state index in [0.717, 1.165) is 0 Å². The first kappa shape index (κ1) is 26.1. The SMILES string of the molecule is CC(C)(C)NC(=O)C(c1ccc([N+](=O)[O-])cc1)C(C(=O)Oc1ccccc1)C(=O)Oc1ccccc1. The van der Waals surface area contributed by atoms with Crippen LogP contribution in [0.15, 0.2) is 84.9 Å². The van der Waals surface area contributed by atoms with Crippen LogP contribution in [0.2, 0.25) is 0 Å². The average molecular weight is 491 g/mol. The van der Waals surface area contributed by atoms with Crippen molar-refractivity contribution in [2.45, 2.75) is 32.2 Å². The number of hydrogen-bond donors (Lipinski definition) is 1. The second kappa shape index (κ2) is 11.3. The molecule has 0 aliphatic carbocycles. The molecular weight excluding hydrogens is 464 g/mol. The van der Waals surface area contributed by atoms with Crippen molar-refractivity contribution < 1.29 is 28.8 Å². The van der Waals surface area contributed by atoms with Gasteiger partial charge in [0.2, 0.25) is 5.91 Å². The number of non-ortho nitro benzene ring substituents is 1. The summed E-state index contributed by atoms with van der Waals surface area (Å²) in [6, 6.07) is 21.3. The third-order valence-corrected chi connectivity index (χ3v) is 5.01. The first-order chi connectivity index (χ1) is 17.0. The van der Waals surface area contributed by atoms with Gasteiger partial charge in [-0.15, -0.1) is 0 Å². The minimum atomic E-state index is -1.71. The number of ether oxygens (including phenoxy) is 2. The normalized spacial score (nSPS) is 11.9. The zero-order chi connectivity index (χ0) is 26.3. The molecule has 0 fully saturated rings. The van der Waals surface area contributed by atoms with E-state index in [2.05, 4.69) is 5.32 Å². The molecule has 0 spiro atoms. The number of rotatable bonds is 8. The molecule has 3 aromatic rings. The van der Waals surface area contributed by atoms with Crippen molar-refractivity contribution in [3.8, 4) is 11.5 Å². The van der Waals surface area contributed by atoms with E-state index in [-0.39, 0.29) is 22.7 Å². The van der Waals surface area contributed by atoms with Crippen molar-refractivity contribution in [3.05, 3.63) is 101 Å². The predicted octanol–water partition coefficient (Wildman–Crippen LogP) is 4.42. The van der Waals surface area contributed by atoms with Gasteiger partial charge in [-0.2, -0.15) is 0 Å². The number of para-hydroxylation sites is 2. The Labute approximate surface area is 208 Å². The number of nitrogens with zero attached hydrogens (tertiary/aromatic N) is 1. The highest BCUT2D eigenvalue weighted by Crippen LogP contribution is 2.31. The van der Waals surface area contributed by atoms with Crippen LogP contribution in [0.4, 0.5) is 5.69 Å². The first-order valence-corrected chi connectivity index (χ1v) is 11.1. The molecule has 1 unspecified atom stereocenters. The second-order valence-electron chi connectivity index (χ2n) is 9.01. The molecule has 1 N–H and O–H groups in total. The van der Waals surface area contributed by atoms with Crippen LogP contribution < -0.4 is 14.8 Å². The highest BCUT2D eigenvalue weighted by Gasteiger charge is 2.44. The second-order valence-corrected chi connectivity index (χ2v) is 9.01. The molecule has 9 nitrogen and oxygen atoms in total. The lowest BCUT2D eigenvalue weighted by atomic mass is 9.84. The number of nitrogens with one attached hydrogen (secondary N) is 1. The van der Waals surface area contributed by atoms with Gasteiger partial charge in [0.15, 0.2) is 5.92 Å². The number of amides is 1. The minimum Gasteiger partial charge on any atom is -0.426 e. The zero-order valence-electron chi connectivity index (χ0n) is 20.0. The predicted molar refractivity (Wildman–Crippen MR) is 131 cm³/mol. The van der Waals surface area contributed by atoms with Gasteiger partial charge in [0.1, 0.15) is 11.5 Å². The van der Waals surface area contributed by atoms with Crippen molar-refractivity contribution in [2.75, 3.05) is 0 Å². The van der Waals surface area contributed by atoms with Crippen molar-refractivity contribution in [3.63, 3.8) is 0 Å². The molecule has 1 atom stereocenters. The van der Waals surface area contributed by atoms with Crippen LogP contribution in [0.5, 0.6) is 11.5 Å². The maximum absolute atomic E-state index is 13.5. The highest BCUT2D eigenvalue weighted by atomic mass is 16.6. The van der Waals surface area contributed by atoms with Gasteiger partial charge in [-0.25, -0.2) is 0 Å². The summed E-state index contributed by atoms with van der Waals surface area (Å²) in [6.45, 7) is 5.24. The van der Waals surface area contributed by atoms with Crippen LogP contribution in [-0.2, 0) is 14.4 Å². The number of nitro groups is 1. The zero-order valence-corrected chi connectivity index (χ0v) is 20.0. The molecule has 0 saturated carbocycles. The van der Waals surface area contributed by atoms with Crippen molar-refractivity contribution in [1.29, 1.82) is 0 Å².